The lowest BCUT2D eigenvalue weighted by atomic mass is 9.97. The van der Waals surface area contributed by atoms with Crippen LogP contribution >= 0.6 is 0 Å². The first-order valence-corrected chi connectivity index (χ1v) is 5.78. The van der Waals surface area contributed by atoms with Gasteiger partial charge in [-0.3, -0.25) is 0 Å². The molecular formula is C15H28. The summed E-state index contributed by atoms with van der Waals surface area (Å²) >= 11 is 0. The summed E-state index contributed by atoms with van der Waals surface area (Å²) in [4.78, 5) is 0. The summed E-state index contributed by atoms with van der Waals surface area (Å²) in [5.41, 5.74) is 5.87. The van der Waals surface area contributed by atoms with Crippen molar-refractivity contribution in [2.24, 2.45) is 0 Å². The Balaban J connectivity index is 0. The maximum Gasteiger partial charge on any atom is -0.0305 e. The highest BCUT2D eigenvalue weighted by atomic mass is 14.1. The zero-order valence-electron chi connectivity index (χ0n) is 10.6. The molecule has 0 radical (unpaired) electrons. The lowest BCUT2D eigenvalue weighted by Crippen LogP contribution is -1.93. The predicted molar refractivity (Wildman–Crippen MR) is 72.8 cm³/mol. The maximum atomic E-state index is 2.35. The van der Waals surface area contributed by atoms with Gasteiger partial charge < -0.3 is 0 Å². The zero-order chi connectivity index (χ0) is 11.1. The van der Waals surface area contributed by atoms with Crippen LogP contribution in [0.2, 0.25) is 0 Å². The van der Waals surface area contributed by atoms with Gasteiger partial charge in [-0.2, -0.15) is 0 Å². The molecule has 0 N–H and O–H groups in total. The smallest absolute Gasteiger partial charge is 0.0305 e. The molecule has 0 amide bonds. The van der Waals surface area contributed by atoms with E-state index in [0.29, 0.717) is 0 Å². The Morgan fingerprint density at radius 3 is 1.40 bits per heavy atom. The van der Waals surface area contributed by atoms with E-state index in [1.165, 1.54) is 22.3 Å². The van der Waals surface area contributed by atoms with E-state index in [2.05, 4.69) is 39.8 Å². The van der Waals surface area contributed by atoms with E-state index < -0.39 is 0 Å². The summed E-state index contributed by atoms with van der Waals surface area (Å²) in [5, 5.41) is 0. The second-order valence-corrected chi connectivity index (χ2v) is 3.41. The predicted octanol–water partition coefficient (Wildman–Crippen LogP) is 5.09. The molecule has 0 saturated heterocycles. The molecule has 0 aromatic heterocycles. The summed E-state index contributed by atoms with van der Waals surface area (Å²) in [6.07, 6.45) is 2.30. The van der Waals surface area contributed by atoms with Crippen LogP contribution in [-0.4, -0.2) is 0 Å². The third-order valence-electron chi connectivity index (χ3n) is 2.56. The minimum absolute atomic E-state index is 0. The van der Waals surface area contributed by atoms with E-state index in [0.717, 1.165) is 12.8 Å². The summed E-state index contributed by atoms with van der Waals surface area (Å²) in [7, 11) is 0. The van der Waals surface area contributed by atoms with Crippen molar-refractivity contribution in [2.45, 2.75) is 61.8 Å². The fraction of sp³-hybridized carbons (Fsp3) is 0.600. The maximum absolute atomic E-state index is 2.35. The van der Waals surface area contributed by atoms with E-state index in [-0.39, 0.29) is 7.43 Å². The summed E-state index contributed by atoms with van der Waals surface area (Å²) < 4.78 is 0. The van der Waals surface area contributed by atoms with Crippen LogP contribution in [0.1, 0.15) is 57.4 Å². The molecule has 0 unspecified atom stereocenters. The highest BCUT2D eigenvalue weighted by Crippen LogP contribution is 2.16. The average molecular weight is 208 g/mol. The number of hydrogen-bond donors (Lipinski definition) is 0. The molecule has 1 rings (SSSR count). The molecule has 1 aromatic carbocycles. The number of hydrogen-bond acceptors (Lipinski definition) is 0. The van der Waals surface area contributed by atoms with Gasteiger partial charge in [0.15, 0.2) is 0 Å². The first-order chi connectivity index (χ1) is 6.69. The van der Waals surface area contributed by atoms with Gasteiger partial charge in [0, 0.05) is 0 Å². The molecule has 0 heteroatoms. The number of benzene rings is 1. The normalized spacial score (nSPS) is 8.67. The highest BCUT2D eigenvalue weighted by Gasteiger charge is 2.00. The van der Waals surface area contributed by atoms with Crippen LogP contribution in [0.25, 0.3) is 0 Å². The van der Waals surface area contributed by atoms with Crippen LogP contribution < -0.4 is 0 Å². The third-order valence-corrected chi connectivity index (χ3v) is 2.56. The largest absolute Gasteiger partial charge is 0.0776 e. The van der Waals surface area contributed by atoms with Gasteiger partial charge in [0.1, 0.15) is 0 Å². The molecule has 1 aromatic rings. The van der Waals surface area contributed by atoms with E-state index in [4.69, 9.17) is 0 Å². The topological polar surface area (TPSA) is 0 Å². The number of aryl methyl sites for hydroxylation is 4. The van der Waals surface area contributed by atoms with Crippen LogP contribution in [0, 0.1) is 13.8 Å². The monoisotopic (exact) mass is 208 g/mol. The van der Waals surface area contributed by atoms with Crippen LogP contribution in [0.5, 0.6) is 0 Å². The van der Waals surface area contributed by atoms with Crippen molar-refractivity contribution in [1.82, 2.24) is 0 Å². The number of rotatable bonds is 2. The van der Waals surface area contributed by atoms with Crippen molar-refractivity contribution in [1.29, 1.82) is 0 Å². The molecule has 0 atom stereocenters. The lowest BCUT2D eigenvalue weighted by molar-refractivity contribution is 1.05. The van der Waals surface area contributed by atoms with Crippen molar-refractivity contribution in [3.8, 4) is 0 Å². The molecule has 0 aliphatic carbocycles. The quantitative estimate of drug-likeness (QED) is 0.635. The van der Waals surface area contributed by atoms with Gasteiger partial charge in [0.2, 0.25) is 0 Å². The lowest BCUT2D eigenvalue weighted by Gasteiger charge is -2.09. The minimum Gasteiger partial charge on any atom is -0.0776 e. The fourth-order valence-corrected chi connectivity index (χ4v) is 1.71. The molecule has 0 nitrogen and oxygen atoms in total. The molecule has 88 valence electrons. The van der Waals surface area contributed by atoms with E-state index in [1.54, 1.807) is 0 Å². The van der Waals surface area contributed by atoms with E-state index in [1.807, 2.05) is 13.8 Å². The van der Waals surface area contributed by atoms with Crippen LogP contribution in [0.15, 0.2) is 12.1 Å². The average Bonchev–Trinajstić information content (AvgIpc) is 2.21. The Bertz CT molecular complexity index is 246. The fourth-order valence-electron chi connectivity index (χ4n) is 1.71. The first kappa shape index (κ1) is 16.6. The molecule has 0 fully saturated rings. The zero-order valence-corrected chi connectivity index (χ0v) is 10.6. The highest BCUT2D eigenvalue weighted by molar-refractivity contribution is 5.37. The molecule has 0 bridgehead atoms. The molecule has 0 spiro atoms. The molecule has 15 heavy (non-hydrogen) atoms. The minimum atomic E-state index is 0. The Hall–Kier alpha value is -0.780. The molecular weight excluding hydrogens is 180 g/mol. The van der Waals surface area contributed by atoms with Gasteiger partial charge in [-0.15, -0.1) is 0 Å². The van der Waals surface area contributed by atoms with Crippen LogP contribution in [0.4, 0.5) is 0 Å². The Labute approximate surface area is 96.7 Å². The Kier molecular flexibility index (Phi) is 9.46. The molecule has 0 aliphatic heterocycles. The summed E-state index contributed by atoms with van der Waals surface area (Å²) in [6, 6.07) is 4.66. The molecule has 0 aliphatic rings. The van der Waals surface area contributed by atoms with Gasteiger partial charge in [0.25, 0.3) is 0 Å². The van der Waals surface area contributed by atoms with Gasteiger partial charge in [-0.25, -0.2) is 0 Å². The Morgan fingerprint density at radius 2 is 1.13 bits per heavy atom. The van der Waals surface area contributed by atoms with Crippen molar-refractivity contribution in [2.75, 3.05) is 0 Å². The second kappa shape index (κ2) is 8.52. The molecule has 0 heterocycles. The van der Waals surface area contributed by atoms with Crippen molar-refractivity contribution >= 4 is 0 Å². The SMILES string of the molecule is C.CC.CCc1cc(CC)c(C)cc1C. The van der Waals surface area contributed by atoms with Crippen molar-refractivity contribution in [3.63, 3.8) is 0 Å². The van der Waals surface area contributed by atoms with Crippen LogP contribution in [-0.2, 0) is 12.8 Å². The second-order valence-electron chi connectivity index (χ2n) is 3.41. The van der Waals surface area contributed by atoms with Crippen molar-refractivity contribution in [3.05, 3.63) is 34.4 Å². The molecule has 0 saturated carbocycles. The van der Waals surface area contributed by atoms with Gasteiger partial charge in [0.05, 0.1) is 0 Å². The summed E-state index contributed by atoms with van der Waals surface area (Å²) in [5.74, 6) is 0. The standard InChI is InChI=1S/C12H18.C2H6.CH4/c1-5-11-8-12(6-2)10(4)7-9(11)3;1-2;/h7-8H,5-6H2,1-4H3;1-2H3;1H4. The Morgan fingerprint density at radius 1 is 0.800 bits per heavy atom. The van der Waals surface area contributed by atoms with Gasteiger partial charge in [-0.1, -0.05) is 47.3 Å². The first-order valence-electron chi connectivity index (χ1n) is 5.78. The van der Waals surface area contributed by atoms with Gasteiger partial charge >= 0.3 is 0 Å². The van der Waals surface area contributed by atoms with E-state index in [9.17, 15) is 0 Å². The third kappa shape index (κ3) is 4.51. The van der Waals surface area contributed by atoms with Crippen LogP contribution in [0.3, 0.4) is 0 Å². The summed E-state index contributed by atoms with van der Waals surface area (Å²) in [6.45, 7) is 12.8. The van der Waals surface area contributed by atoms with Gasteiger partial charge in [-0.05, 0) is 48.9 Å². The van der Waals surface area contributed by atoms with E-state index >= 15 is 0 Å². The van der Waals surface area contributed by atoms with Crippen molar-refractivity contribution < 1.29 is 0 Å².